The van der Waals surface area contributed by atoms with E-state index in [4.69, 9.17) is 14.2 Å². The van der Waals surface area contributed by atoms with Crippen molar-refractivity contribution in [3.8, 4) is 11.5 Å². The molecule has 7 heteroatoms. The SMILES string of the molecule is Cc1cccc(OC(C)C(=O)NNC(=O)COCCOc2ccccc2)c1C. The first-order valence-corrected chi connectivity index (χ1v) is 9.04. The lowest BCUT2D eigenvalue weighted by Gasteiger charge is -2.17. The lowest BCUT2D eigenvalue weighted by molar-refractivity contribution is -0.134. The van der Waals surface area contributed by atoms with Crippen LogP contribution in [0.15, 0.2) is 48.5 Å². The highest BCUT2D eigenvalue weighted by Crippen LogP contribution is 2.21. The van der Waals surface area contributed by atoms with Gasteiger partial charge in [-0.05, 0) is 50.1 Å². The van der Waals surface area contributed by atoms with Gasteiger partial charge in [-0.2, -0.15) is 0 Å². The van der Waals surface area contributed by atoms with Crippen LogP contribution in [-0.2, 0) is 14.3 Å². The minimum Gasteiger partial charge on any atom is -0.491 e. The smallest absolute Gasteiger partial charge is 0.279 e. The minimum atomic E-state index is -0.763. The number of para-hydroxylation sites is 1. The van der Waals surface area contributed by atoms with Crippen LogP contribution in [-0.4, -0.2) is 37.7 Å². The van der Waals surface area contributed by atoms with E-state index in [1.165, 1.54) is 0 Å². The van der Waals surface area contributed by atoms with E-state index >= 15 is 0 Å². The van der Waals surface area contributed by atoms with E-state index in [9.17, 15) is 9.59 Å². The Bertz CT molecular complexity index is 780. The predicted molar refractivity (Wildman–Crippen MR) is 105 cm³/mol. The van der Waals surface area contributed by atoms with Crippen LogP contribution in [0.4, 0.5) is 0 Å². The summed E-state index contributed by atoms with van der Waals surface area (Å²) in [7, 11) is 0. The van der Waals surface area contributed by atoms with Gasteiger partial charge in [0.1, 0.15) is 24.7 Å². The standard InChI is InChI=1S/C21H26N2O5/c1-15-8-7-11-19(16(15)2)28-17(3)21(25)23-22-20(24)14-26-12-13-27-18-9-5-4-6-10-18/h4-11,17H,12-14H2,1-3H3,(H,22,24)(H,23,25). The summed E-state index contributed by atoms with van der Waals surface area (Å²) < 4.78 is 16.3. The van der Waals surface area contributed by atoms with Crippen LogP contribution in [0, 0.1) is 13.8 Å². The molecule has 2 aromatic rings. The number of ether oxygens (including phenoxy) is 3. The van der Waals surface area contributed by atoms with Crippen LogP contribution >= 0.6 is 0 Å². The Hall–Kier alpha value is -3.06. The molecule has 2 rings (SSSR count). The monoisotopic (exact) mass is 386 g/mol. The third kappa shape index (κ3) is 6.92. The Kier molecular flexibility index (Phi) is 8.30. The van der Waals surface area contributed by atoms with Gasteiger partial charge in [0.25, 0.3) is 11.8 Å². The second-order valence-electron chi connectivity index (χ2n) is 6.21. The van der Waals surface area contributed by atoms with Crippen molar-refractivity contribution in [2.24, 2.45) is 0 Å². The summed E-state index contributed by atoms with van der Waals surface area (Å²) in [5.41, 5.74) is 6.67. The molecule has 0 radical (unpaired) electrons. The molecule has 1 atom stereocenters. The second kappa shape index (κ2) is 10.9. The highest BCUT2D eigenvalue weighted by Gasteiger charge is 2.16. The summed E-state index contributed by atoms with van der Waals surface area (Å²) in [5.74, 6) is 0.449. The molecule has 1 unspecified atom stereocenters. The number of hydrogen-bond donors (Lipinski definition) is 2. The molecule has 0 aliphatic carbocycles. The van der Waals surface area contributed by atoms with Crippen molar-refractivity contribution in [3.63, 3.8) is 0 Å². The van der Waals surface area contributed by atoms with E-state index in [-0.39, 0.29) is 13.2 Å². The Morgan fingerprint density at radius 1 is 0.964 bits per heavy atom. The van der Waals surface area contributed by atoms with Crippen molar-refractivity contribution in [2.45, 2.75) is 26.9 Å². The van der Waals surface area contributed by atoms with Gasteiger partial charge >= 0.3 is 0 Å². The molecule has 0 heterocycles. The molecule has 2 N–H and O–H groups in total. The molecule has 28 heavy (non-hydrogen) atoms. The van der Waals surface area contributed by atoms with Gasteiger partial charge in [-0.1, -0.05) is 30.3 Å². The lowest BCUT2D eigenvalue weighted by Crippen LogP contribution is -2.48. The number of hydrogen-bond acceptors (Lipinski definition) is 5. The van der Waals surface area contributed by atoms with Gasteiger partial charge in [0, 0.05) is 0 Å². The summed E-state index contributed by atoms with van der Waals surface area (Å²) in [6, 6.07) is 15.0. The van der Waals surface area contributed by atoms with Crippen molar-refractivity contribution < 1.29 is 23.8 Å². The number of nitrogens with one attached hydrogen (secondary N) is 2. The largest absolute Gasteiger partial charge is 0.491 e. The molecule has 2 aromatic carbocycles. The van der Waals surface area contributed by atoms with Gasteiger partial charge in [0.15, 0.2) is 6.10 Å². The van der Waals surface area contributed by atoms with Crippen LogP contribution in [0.1, 0.15) is 18.1 Å². The molecular formula is C21H26N2O5. The molecule has 0 saturated heterocycles. The van der Waals surface area contributed by atoms with Gasteiger partial charge < -0.3 is 14.2 Å². The highest BCUT2D eigenvalue weighted by molar-refractivity contribution is 5.85. The average molecular weight is 386 g/mol. The first kappa shape index (κ1) is 21.2. The number of benzene rings is 2. The Morgan fingerprint density at radius 2 is 1.71 bits per heavy atom. The zero-order valence-corrected chi connectivity index (χ0v) is 16.4. The van der Waals surface area contributed by atoms with Crippen LogP contribution in [0.3, 0.4) is 0 Å². The molecule has 150 valence electrons. The zero-order valence-electron chi connectivity index (χ0n) is 16.4. The maximum Gasteiger partial charge on any atom is 0.279 e. The van der Waals surface area contributed by atoms with E-state index in [0.717, 1.165) is 16.9 Å². The maximum atomic E-state index is 12.1. The van der Waals surface area contributed by atoms with Crippen molar-refractivity contribution >= 4 is 11.8 Å². The van der Waals surface area contributed by atoms with Crippen molar-refractivity contribution in [2.75, 3.05) is 19.8 Å². The highest BCUT2D eigenvalue weighted by atomic mass is 16.5. The van der Waals surface area contributed by atoms with Crippen LogP contribution in [0.2, 0.25) is 0 Å². The molecule has 2 amide bonds. The third-order valence-corrected chi connectivity index (χ3v) is 4.03. The number of amides is 2. The summed E-state index contributed by atoms with van der Waals surface area (Å²) in [4.78, 5) is 23.8. The summed E-state index contributed by atoms with van der Waals surface area (Å²) in [5, 5.41) is 0. The first-order valence-electron chi connectivity index (χ1n) is 9.04. The Balaban J connectivity index is 1.62. The van der Waals surface area contributed by atoms with Crippen molar-refractivity contribution in [1.29, 1.82) is 0 Å². The number of aryl methyl sites for hydroxylation is 1. The molecule has 0 spiro atoms. The molecule has 0 saturated carbocycles. The van der Waals surface area contributed by atoms with E-state index in [1.807, 2.05) is 56.3 Å². The fourth-order valence-electron chi connectivity index (χ4n) is 2.26. The van der Waals surface area contributed by atoms with Gasteiger partial charge in [-0.25, -0.2) is 0 Å². The van der Waals surface area contributed by atoms with Gasteiger partial charge in [0.2, 0.25) is 0 Å². The fraction of sp³-hybridized carbons (Fsp3) is 0.333. The average Bonchev–Trinajstić information content (AvgIpc) is 2.70. The molecule has 0 bridgehead atoms. The summed E-state index contributed by atoms with van der Waals surface area (Å²) >= 11 is 0. The van der Waals surface area contributed by atoms with Crippen LogP contribution < -0.4 is 20.3 Å². The third-order valence-electron chi connectivity index (χ3n) is 4.03. The molecular weight excluding hydrogens is 360 g/mol. The minimum absolute atomic E-state index is 0.190. The fourth-order valence-corrected chi connectivity index (χ4v) is 2.26. The zero-order chi connectivity index (χ0) is 20.4. The molecule has 0 fully saturated rings. The van der Waals surface area contributed by atoms with Gasteiger partial charge in [-0.3, -0.25) is 20.4 Å². The van der Waals surface area contributed by atoms with E-state index in [0.29, 0.717) is 12.4 Å². The molecule has 0 aromatic heterocycles. The van der Waals surface area contributed by atoms with E-state index in [2.05, 4.69) is 10.9 Å². The van der Waals surface area contributed by atoms with E-state index in [1.54, 1.807) is 13.0 Å². The number of carbonyl (C=O) groups excluding carboxylic acids is 2. The summed E-state index contributed by atoms with van der Waals surface area (Å²) in [6.07, 6.45) is -0.763. The number of hydrazine groups is 1. The topological polar surface area (TPSA) is 85.9 Å². The van der Waals surface area contributed by atoms with E-state index < -0.39 is 17.9 Å². The van der Waals surface area contributed by atoms with Crippen molar-refractivity contribution in [1.82, 2.24) is 10.9 Å². The quantitative estimate of drug-likeness (QED) is 0.510. The van der Waals surface area contributed by atoms with Gasteiger partial charge in [-0.15, -0.1) is 0 Å². The Labute approximate surface area is 165 Å². The summed E-state index contributed by atoms with van der Waals surface area (Å²) in [6.45, 7) is 5.89. The molecule has 0 aliphatic heterocycles. The van der Waals surface area contributed by atoms with Gasteiger partial charge in [0.05, 0.1) is 6.61 Å². The normalized spacial score (nSPS) is 11.4. The maximum absolute atomic E-state index is 12.1. The second-order valence-corrected chi connectivity index (χ2v) is 6.21. The van der Waals surface area contributed by atoms with Crippen LogP contribution in [0.5, 0.6) is 11.5 Å². The predicted octanol–water partition coefficient (Wildman–Crippen LogP) is 2.31. The molecule has 7 nitrogen and oxygen atoms in total. The van der Waals surface area contributed by atoms with Crippen molar-refractivity contribution in [3.05, 3.63) is 59.7 Å². The lowest BCUT2D eigenvalue weighted by atomic mass is 10.1. The first-order chi connectivity index (χ1) is 13.5. The molecule has 0 aliphatic rings. The van der Waals surface area contributed by atoms with Crippen LogP contribution in [0.25, 0.3) is 0 Å². The number of carbonyl (C=O) groups is 2. The Morgan fingerprint density at radius 3 is 2.46 bits per heavy atom. The number of rotatable bonds is 9.